The number of para-hydroxylation sites is 2. The molecule has 1 amide bonds. The van der Waals surface area contributed by atoms with E-state index < -0.39 is 5.63 Å². The number of benzene rings is 4. The van der Waals surface area contributed by atoms with Crippen molar-refractivity contribution in [3.63, 3.8) is 0 Å². The van der Waals surface area contributed by atoms with Gasteiger partial charge in [0.25, 0.3) is 5.91 Å². The average Bonchev–Trinajstić information content (AvgIpc) is 3.32. The Bertz CT molecular complexity index is 1810. The largest absolute Gasteiger partial charge is 0.422 e. The zero-order valence-electron chi connectivity index (χ0n) is 18.7. The van der Waals surface area contributed by atoms with Crippen LogP contribution in [0, 0.1) is 0 Å². The van der Waals surface area contributed by atoms with Gasteiger partial charge in [0.1, 0.15) is 10.6 Å². The highest BCUT2D eigenvalue weighted by Crippen LogP contribution is 2.35. The number of carbonyl (C=O) groups excluding carboxylic acids is 1. The molecular weight excluding hydrogens is 492 g/mol. The molecule has 0 spiro atoms. The first-order valence-electron chi connectivity index (χ1n) is 11.2. The fourth-order valence-electron chi connectivity index (χ4n) is 4.05. The summed E-state index contributed by atoms with van der Waals surface area (Å²) in [7, 11) is 0. The molecule has 36 heavy (non-hydrogen) atoms. The van der Waals surface area contributed by atoms with Gasteiger partial charge in [-0.25, -0.2) is 9.78 Å². The Morgan fingerprint density at radius 3 is 2.56 bits per heavy atom. The van der Waals surface area contributed by atoms with Crippen LogP contribution in [0.3, 0.4) is 0 Å². The van der Waals surface area contributed by atoms with Gasteiger partial charge in [-0.2, -0.15) is 0 Å². The van der Waals surface area contributed by atoms with Crippen LogP contribution in [0.1, 0.15) is 10.4 Å². The second-order valence-electron chi connectivity index (χ2n) is 8.20. The van der Waals surface area contributed by atoms with E-state index in [1.165, 1.54) is 0 Å². The number of hydrogen-bond acceptors (Lipinski definition) is 5. The molecule has 0 saturated carbocycles. The van der Waals surface area contributed by atoms with Crippen molar-refractivity contribution in [2.75, 3.05) is 5.32 Å². The smallest absolute Gasteiger partial charge is 0.344 e. The lowest BCUT2D eigenvalue weighted by molar-refractivity contribution is 0.102. The molecule has 0 unspecified atom stereocenters. The molecule has 0 radical (unpaired) electrons. The van der Waals surface area contributed by atoms with Crippen LogP contribution in [-0.4, -0.2) is 10.9 Å². The number of nitrogens with one attached hydrogen (secondary N) is 1. The summed E-state index contributed by atoms with van der Waals surface area (Å²) in [6.07, 6.45) is 0. The molecule has 0 aliphatic heterocycles. The minimum atomic E-state index is -0.455. The second-order valence-corrected chi connectivity index (χ2v) is 9.64. The van der Waals surface area contributed by atoms with Crippen LogP contribution >= 0.6 is 22.9 Å². The molecule has 4 aromatic carbocycles. The van der Waals surface area contributed by atoms with Gasteiger partial charge in [-0.3, -0.25) is 4.79 Å². The van der Waals surface area contributed by atoms with Crippen molar-refractivity contribution in [2.24, 2.45) is 0 Å². The molecule has 5 nitrogen and oxygen atoms in total. The average molecular weight is 509 g/mol. The lowest BCUT2D eigenvalue weighted by Gasteiger charge is -2.09. The van der Waals surface area contributed by atoms with E-state index in [1.807, 2.05) is 48.5 Å². The van der Waals surface area contributed by atoms with Gasteiger partial charge in [0, 0.05) is 22.2 Å². The van der Waals surface area contributed by atoms with E-state index in [-0.39, 0.29) is 5.91 Å². The Labute approximate surface area is 214 Å². The predicted molar refractivity (Wildman–Crippen MR) is 146 cm³/mol. The molecule has 0 atom stereocenters. The number of amides is 1. The third-order valence-corrected chi connectivity index (χ3v) is 7.21. The first-order chi connectivity index (χ1) is 17.5. The van der Waals surface area contributed by atoms with Crippen LogP contribution in [0.25, 0.3) is 42.9 Å². The van der Waals surface area contributed by atoms with Crippen LogP contribution in [0.5, 0.6) is 0 Å². The summed E-state index contributed by atoms with van der Waals surface area (Å²) in [5.74, 6) is -0.314. The van der Waals surface area contributed by atoms with Gasteiger partial charge in [0.15, 0.2) is 0 Å². The summed E-state index contributed by atoms with van der Waals surface area (Å²) < 4.78 is 6.53. The van der Waals surface area contributed by atoms with Crippen LogP contribution in [-0.2, 0) is 0 Å². The van der Waals surface area contributed by atoms with E-state index in [9.17, 15) is 9.59 Å². The van der Waals surface area contributed by atoms with E-state index in [1.54, 1.807) is 59.9 Å². The number of rotatable bonds is 4. The zero-order chi connectivity index (χ0) is 24.6. The Morgan fingerprint density at radius 1 is 0.861 bits per heavy atom. The van der Waals surface area contributed by atoms with Gasteiger partial charge in [0.05, 0.1) is 20.8 Å². The Balaban J connectivity index is 1.26. The lowest BCUT2D eigenvalue weighted by Crippen LogP contribution is -2.12. The fraction of sp³-hybridized carbons (Fsp3) is 0. The zero-order valence-corrected chi connectivity index (χ0v) is 20.3. The normalized spacial score (nSPS) is 11.1. The summed E-state index contributed by atoms with van der Waals surface area (Å²) in [6, 6.07) is 29.3. The number of fused-ring (bicyclic) bond motifs is 2. The van der Waals surface area contributed by atoms with Crippen molar-refractivity contribution in [1.29, 1.82) is 0 Å². The molecule has 2 aromatic heterocycles. The molecule has 0 fully saturated rings. The minimum Gasteiger partial charge on any atom is -0.422 e. The molecule has 6 aromatic rings. The summed E-state index contributed by atoms with van der Waals surface area (Å²) in [4.78, 5) is 30.2. The van der Waals surface area contributed by atoms with Crippen molar-refractivity contribution in [3.05, 3.63) is 118 Å². The highest BCUT2D eigenvalue weighted by atomic mass is 35.5. The van der Waals surface area contributed by atoms with Gasteiger partial charge in [-0.05, 0) is 60.2 Å². The first kappa shape index (κ1) is 22.2. The molecule has 1 N–H and O–H groups in total. The van der Waals surface area contributed by atoms with Crippen molar-refractivity contribution >= 4 is 55.7 Å². The molecule has 6 rings (SSSR count). The molecule has 0 aliphatic rings. The van der Waals surface area contributed by atoms with Crippen LogP contribution in [0.4, 0.5) is 5.69 Å². The van der Waals surface area contributed by atoms with Gasteiger partial charge < -0.3 is 9.73 Å². The summed E-state index contributed by atoms with van der Waals surface area (Å²) in [6.45, 7) is 0. The molecule has 174 valence electrons. The third kappa shape index (κ3) is 4.17. The Hall–Kier alpha value is -4.26. The summed E-state index contributed by atoms with van der Waals surface area (Å²) in [5.41, 5.74) is 3.76. The molecular formula is C29H17ClN2O3S. The molecule has 0 aliphatic carbocycles. The monoisotopic (exact) mass is 508 g/mol. The van der Waals surface area contributed by atoms with Gasteiger partial charge in [-0.15, -0.1) is 11.3 Å². The standard InChI is InChI=1S/C29H17ClN2O3S/c30-23-16-20(12-13-21(23)28-32-24-9-2-4-11-26(24)36-28)31-27(33)19-8-5-7-17(14-19)22-15-18-6-1-3-10-25(18)35-29(22)34/h1-16H,(H,31,33). The molecule has 7 heteroatoms. The van der Waals surface area contributed by atoms with E-state index in [0.29, 0.717) is 33.0 Å². The maximum Gasteiger partial charge on any atom is 0.344 e. The highest BCUT2D eigenvalue weighted by molar-refractivity contribution is 7.21. The second kappa shape index (κ2) is 9.07. The SMILES string of the molecule is O=C(Nc1ccc(-c2nc3ccccc3s2)c(Cl)c1)c1cccc(-c2cc3ccccc3oc2=O)c1. The van der Waals surface area contributed by atoms with Gasteiger partial charge in [-0.1, -0.05) is 54.1 Å². The van der Waals surface area contributed by atoms with Crippen LogP contribution in [0.2, 0.25) is 5.02 Å². The van der Waals surface area contributed by atoms with Crippen molar-refractivity contribution < 1.29 is 9.21 Å². The first-order valence-corrected chi connectivity index (χ1v) is 12.3. The number of thiazole rings is 1. The quantitative estimate of drug-likeness (QED) is 0.248. The molecule has 2 heterocycles. The number of halogens is 1. The summed E-state index contributed by atoms with van der Waals surface area (Å²) >= 11 is 8.13. The van der Waals surface area contributed by atoms with E-state index in [0.717, 1.165) is 26.2 Å². The fourth-order valence-corrected chi connectivity index (χ4v) is 5.38. The Kier molecular flexibility index (Phi) is 5.60. The predicted octanol–water partition coefficient (Wildman–Crippen LogP) is 7.64. The van der Waals surface area contributed by atoms with Crippen LogP contribution in [0.15, 0.2) is 106 Å². The van der Waals surface area contributed by atoms with Crippen molar-refractivity contribution in [2.45, 2.75) is 0 Å². The number of hydrogen-bond donors (Lipinski definition) is 1. The van der Waals surface area contributed by atoms with E-state index in [2.05, 4.69) is 10.3 Å². The number of aromatic nitrogens is 1. The number of carbonyl (C=O) groups is 1. The maximum absolute atomic E-state index is 13.0. The lowest BCUT2D eigenvalue weighted by atomic mass is 10.0. The number of nitrogens with zero attached hydrogens (tertiary/aromatic N) is 1. The highest BCUT2D eigenvalue weighted by Gasteiger charge is 2.14. The maximum atomic E-state index is 13.0. The van der Waals surface area contributed by atoms with Crippen molar-refractivity contribution in [3.8, 4) is 21.7 Å². The topological polar surface area (TPSA) is 72.2 Å². The summed E-state index contributed by atoms with van der Waals surface area (Å²) in [5, 5.41) is 5.01. The van der Waals surface area contributed by atoms with Gasteiger partial charge in [0.2, 0.25) is 0 Å². The third-order valence-electron chi connectivity index (χ3n) is 5.83. The van der Waals surface area contributed by atoms with Crippen LogP contribution < -0.4 is 10.9 Å². The van der Waals surface area contributed by atoms with E-state index in [4.69, 9.17) is 16.0 Å². The van der Waals surface area contributed by atoms with Crippen molar-refractivity contribution in [1.82, 2.24) is 4.98 Å². The molecule has 0 bridgehead atoms. The Morgan fingerprint density at radius 2 is 1.69 bits per heavy atom. The minimum absolute atomic E-state index is 0.314. The van der Waals surface area contributed by atoms with E-state index >= 15 is 0 Å². The van der Waals surface area contributed by atoms with Gasteiger partial charge >= 0.3 is 5.63 Å². The number of anilines is 1. The molecule has 0 saturated heterocycles.